The molecule has 0 unspecified atom stereocenters. The maximum absolute atomic E-state index is 12.3. The fourth-order valence-corrected chi connectivity index (χ4v) is 2.60. The molecule has 0 aliphatic heterocycles. The first kappa shape index (κ1) is 18.4. The third-order valence-electron chi connectivity index (χ3n) is 3.93. The normalized spacial score (nSPS) is 10.3. The summed E-state index contributed by atoms with van der Waals surface area (Å²) in [6.45, 7) is 0.538. The van der Waals surface area contributed by atoms with Gasteiger partial charge in [-0.1, -0.05) is 30.3 Å². The lowest BCUT2D eigenvalue weighted by atomic mass is 10.2. The SMILES string of the molecule is COc1cccc(CNC(=O)c2ccc(COc3ccccc3)o2)c1OC. The molecule has 140 valence electrons. The number of para-hydroxylation sites is 2. The highest BCUT2D eigenvalue weighted by Crippen LogP contribution is 2.30. The van der Waals surface area contributed by atoms with Crippen LogP contribution in [0.15, 0.2) is 65.1 Å². The summed E-state index contributed by atoms with van der Waals surface area (Å²) < 4.78 is 21.8. The molecule has 1 heterocycles. The van der Waals surface area contributed by atoms with E-state index in [0.717, 1.165) is 11.3 Å². The van der Waals surface area contributed by atoms with Gasteiger partial charge in [0.05, 0.1) is 14.2 Å². The monoisotopic (exact) mass is 367 g/mol. The van der Waals surface area contributed by atoms with Gasteiger partial charge in [-0.15, -0.1) is 0 Å². The van der Waals surface area contributed by atoms with Crippen molar-refractivity contribution in [2.45, 2.75) is 13.2 Å². The Morgan fingerprint density at radius 3 is 2.52 bits per heavy atom. The van der Waals surface area contributed by atoms with Crippen molar-refractivity contribution in [1.82, 2.24) is 5.32 Å². The molecule has 3 rings (SSSR count). The fraction of sp³-hybridized carbons (Fsp3) is 0.190. The Labute approximate surface area is 157 Å². The second-order valence-electron chi connectivity index (χ2n) is 5.70. The third-order valence-corrected chi connectivity index (χ3v) is 3.93. The molecule has 27 heavy (non-hydrogen) atoms. The number of carbonyl (C=O) groups excluding carboxylic acids is 1. The van der Waals surface area contributed by atoms with Gasteiger partial charge in [0.1, 0.15) is 18.1 Å². The lowest BCUT2D eigenvalue weighted by Gasteiger charge is -2.12. The van der Waals surface area contributed by atoms with Crippen LogP contribution in [0.5, 0.6) is 17.2 Å². The standard InChI is InChI=1S/C21H21NO5/c1-24-18-10-6-7-15(20(18)25-2)13-22-21(23)19-12-11-17(27-19)14-26-16-8-4-3-5-9-16/h3-12H,13-14H2,1-2H3,(H,22,23). The maximum Gasteiger partial charge on any atom is 0.287 e. The molecule has 0 atom stereocenters. The van der Waals surface area contributed by atoms with Gasteiger partial charge >= 0.3 is 0 Å². The van der Waals surface area contributed by atoms with Crippen LogP contribution in [0, 0.1) is 0 Å². The number of methoxy groups -OCH3 is 2. The van der Waals surface area contributed by atoms with Crippen molar-refractivity contribution in [2.24, 2.45) is 0 Å². The second-order valence-corrected chi connectivity index (χ2v) is 5.70. The van der Waals surface area contributed by atoms with E-state index in [9.17, 15) is 4.79 Å². The van der Waals surface area contributed by atoms with Gasteiger partial charge in [-0.05, 0) is 30.3 Å². The highest BCUT2D eigenvalue weighted by Gasteiger charge is 2.14. The van der Waals surface area contributed by atoms with Crippen LogP contribution in [0.4, 0.5) is 0 Å². The Morgan fingerprint density at radius 1 is 0.963 bits per heavy atom. The largest absolute Gasteiger partial charge is 0.493 e. The van der Waals surface area contributed by atoms with Crippen molar-refractivity contribution in [3.8, 4) is 17.2 Å². The molecule has 1 aromatic heterocycles. The first-order chi connectivity index (χ1) is 13.2. The Hall–Kier alpha value is -3.41. The number of ether oxygens (including phenoxy) is 3. The van der Waals surface area contributed by atoms with Crippen molar-refractivity contribution in [1.29, 1.82) is 0 Å². The second kappa shape index (κ2) is 8.80. The summed E-state index contributed by atoms with van der Waals surface area (Å²) in [6.07, 6.45) is 0. The van der Waals surface area contributed by atoms with Crippen LogP contribution < -0.4 is 19.5 Å². The fourth-order valence-electron chi connectivity index (χ4n) is 2.60. The summed E-state index contributed by atoms with van der Waals surface area (Å²) in [4.78, 5) is 12.3. The van der Waals surface area contributed by atoms with Crippen molar-refractivity contribution < 1.29 is 23.4 Å². The first-order valence-electron chi connectivity index (χ1n) is 8.46. The van der Waals surface area contributed by atoms with Gasteiger partial charge in [-0.25, -0.2) is 0 Å². The van der Waals surface area contributed by atoms with Crippen molar-refractivity contribution in [2.75, 3.05) is 14.2 Å². The molecule has 0 spiro atoms. The number of rotatable bonds is 8. The zero-order chi connectivity index (χ0) is 19.1. The van der Waals surface area contributed by atoms with Crippen LogP contribution in [0.3, 0.4) is 0 Å². The molecular weight excluding hydrogens is 346 g/mol. The van der Waals surface area contributed by atoms with E-state index in [2.05, 4.69) is 5.32 Å². The van der Waals surface area contributed by atoms with Crippen molar-refractivity contribution in [3.63, 3.8) is 0 Å². The third kappa shape index (κ3) is 4.61. The summed E-state index contributed by atoms with van der Waals surface area (Å²) in [5.41, 5.74) is 0.810. The lowest BCUT2D eigenvalue weighted by molar-refractivity contribution is 0.0918. The van der Waals surface area contributed by atoms with Gasteiger partial charge in [0.2, 0.25) is 0 Å². The Bertz CT molecular complexity index is 889. The number of hydrogen-bond acceptors (Lipinski definition) is 5. The number of nitrogens with one attached hydrogen (secondary N) is 1. The van der Waals surface area contributed by atoms with E-state index >= 15 is 0 Å². The quantitative estimate of drug-likeness (QED) is 0.656. The molecule has 0 saturated heterocycles. The van der Waals surface area contributed by atoms with Gasteiger partial charge in [0.25, 0.3) is 5.91 Å². The molecule has 1 N–H and O–H groups in total. The number of benzene rings is 2. The predicted molar refractivity (Wildman–Crippen MR) is 100 cm³/mol. The summed E-state index contributed by atoms with van der Waals surface area (Å²) >= 11 is 0. The minimum atomic E-state index is -0.314. The molecule has 3 aromatic rings. The summed E-state index contributed by atoms with van der Waals surface area (Å²) in [7, 11) is 3.14. The van der Waals surface area contributed by atoms with E-state index < -0.39 is 0 Å². The van der Waals surface area contributed by atoms with Crippen LogP contribution >= 0.6 is 0 Å². The van der Waals surface area contributed by atoms with Crippen molar-refractivity contribution in [3.05, 3.63) is 77.7 Å². The average Bonchev–Trinajstić information content (AvgIpc) is 3.20. The van der Waals surface area contributed by atoms with E-state index in [-0.39, 0.29) is 24.8 Å². The van der Waals surface area contributed by atoms with Gasteiger partial charge in [-0.2, -0.15) is 0 Å². The van der Waals surface area contributed by atoms with Crippen LogP contribution in [-0.2, 0) is 13.2 Å². The van der Waals surface area contributed by atoms with Crippen molar-refractivity contribution >= 4 is 5.91 Å². The van der Waals surface area contributed by atoms with Crippen LogP contribution in [-0.4, -0.2) is 20.1 Å². The minimum absolute atomic E-state index is 0.225. The molecule has 0 fully saturated rings. The zero-order valence-electron chi connectivity index (χ0n) is 15.2. The number of carbonyl (C=O) groups is 1. The topological polar surface area (TPSA) is 69.9 Å². The smallest absolute Gasteiger partial charge is 0.287 e. The number of furan rings is 1. The molecule has 0 aliphatic rings. The lowest BCUT2D eigenvalue weighted by Crippen LogP contribution is -2.22. The Morgan fingerprint density at radius 2 is 1.78 bits per heavy atom. The summed E-state index contributed by atoms with van der Waals surface area (Å²) in [5.74, 6) is 2.43. The molecular formula is C21H21NO5. The summed E-state index contributed by atoms with van der Waals surface area (Å²) in [5, 5.41) is 2.82. The number of amides is 1. The summed E-state index contributed by atoms with van der Waals surface area (Å²) in [6, 6.07) is 18.3. The Balaban J connectivity index is 1.58. The highest BCUT2D eigenvalue weighted by molar-refractivity contribution is 5.91. The zero-order valence-corrected chi connectivity index (χ0v) is 15.2. The highest BCUT2D eigenvalue weighted by atomic mass is 16.5. The van der Waals surface area contributed by atoms with E-state index in [1.807, 2.05) is 42.5 Å². The molecule has 0 radical (unpaired) electrons. The van der Waals surface area contributed by atoms with E-state index in [0.29, 0.717) is 17.3 Å². The minimum Gasteiger partial charge on any atom is -0.493 e. The van der Waals surface area contributed by atoms with Crippen LogP contribution in [0.2, 0.25) is 0 Å². The van der Waals surface area contributed by atoms with E-state index in [1.54, 1.807) is 32.4 Å². The van der Waals surface area contributed by atoms with Gasteiger partial charge < -0.3 is 23.9 Å². The van der Waals surface area contributed by atoms with Gasteiger partial charge in [-0.3, -0.25) is 4.79 Å². The van der Waals surface area contributed by atoms with Gasteiger partial charge in [0.15, 0.2) is 17.3 Å². The van der Waals surface area contributed by atoms with E-state index in [4.69, 9.17) is 18.6 Å². The molecule has 6 heteroatoms. The molecule has 2 aromatic carbocycles. The van der Waals surface area contributed by atoms with Crippen LogP contribution in [0.1, 0.15) is 21.9 Å². The van der Waals surface area contributed by atoms with Crippen LogP contribution in [0.25, 0.3) is 0 Å². The molecule has 0 bridgehead atoms. The molecule has 6 nitrogen and oxygen atoms in total. The first-order valence-corrected chi connectivity index (χ1v) is 8.46. The Kier molecular flexibility index (Phi) is 5.99. The average molecular weight is 367 g/mol. The number of hydrogen-bond donors (Lipinski definition) is 1. The predicted octanol–water partition coefficient (Wildman–Crippen LogP) is 3.81. The molecule has 1 amide bonds. The molecule has 0 saturated carbocycles. The maximum atomic E-state index is 12.3. The van der Waals surface area contributed by atoms with Gasteiger partial charge in [0, 0.05) is 12.1 Å². The molecule has 0 aliphatic carbocycles. The van der Waals surface area contributed by atoms with E-state index in [1.165, 1.54) is 0 Å².